The fourth-order valence-electron chi connectivity index (χ4n) is 2.75. The number of anilines is 2. The van der Waals surface area contributed by atoms with E-state index in [1.165, 1.54) is 28.6 Å². The van der Waals surface area contributed by atoms with Gasteiger partial charge < -0.3 is 4.42 Å². The minimum atomic E-state index is -3.82. The number of para-hydroxylation sites is 1. The van der Waals surface area contributed by atoms with E-state index in [1.54, 1.807) is 37.3 Å². The number of sulfone groups is 1. The Morgan fingerprint density at radius 3 is 2.23 bits per heavy atom. The van der Waals surface area contributed by atoms with E-state index in [-0.39, 0.29) is 28.9 Å². The molecule has 1 N–H and O–H groups in total. The van der Waals surface area contributed by atoms with Gasteiger partial charge >= 0.3 is 6.01 Å². The van der Waals surface area contributed by atoms with Crippen molar-refractivity contribution in [1.82, 2.24) is 10.2 Å². The van der Waals surface area contributed by atoms with Gasteiger partial charge in [0.25, 0.3) is 15.9 Å². The zero-order chi connectivity index (χ0) is 22.6. The molecule has 0 aliphatic carbocycles. The highest BCUT2D eigenvalue weighted by atomic mass is 32.2. The van der Waals surface area contributed by atoms with Gasteiger partial charge in [0.2, 0.25) is 5.89 Å². The van der Waals surface area contributed by atoms with Crippen LogP contribution in [0.5, 0.6) is 0 Å². The Bertz CT molecular complexity index is 1270. The fourth-order valence-corrected chi connectivity index (χ4v) is 4.79. The molecule has 1 heterocycles. The highest BCUT2D eigenvalue weighted by Crippen LogP contribution is 2.23. The van der Waals surface area contributed by atoms with E-state index in [9.17, 15) is 21.6 Å². The Morgan fingerprint density at radius 2 is 1.65 bits per heavy atom. The first-order valence-corrected chi connectivity index (χ1v) is 12.6. The van der Waals surface area contributed by atoms with Crippen LogP contribution in [0.2, 0.25) is 0 Å². The van der Waals surface area contributed by atoms with Gasteiger partial charge in [-0.2, -0.15) is 0 Å². The molecule has 164 valence electrons. The molecule has 31 heavy (non-hydrogen) atoms. The summed E-state index contributed by atoms with van der Waals surface area (Å²) in [6, 6.07) is 13.8. The molecule has 0 spiro atoms. The predicted octanol–water partition coefficient (Wildman–Crippen LogP) is 2.08. The van der Waals surface area contributed by atoms with Crippen molar-refractivity contribution in [3.63, 3.8) is 0 Å². The normalized spacial score (nSPS) is 11.8. The fraction of sp³-hybridized carbons (Fsp3) is 0.211. The summed E-state index contributed by atoms with van der Waals surface area (Å²) in [6.45, 7) is 1.97. The van der Waals surface area contributed by atoms with Gasteiger partial charge in [0.15, 0.2) is 9.84 Å². The van der Waals surface area contributed by atoms with Gasteiger partial charge in [0.1, 0.15) is 5.75 Å². The monoisotopic (exact) mass is 464 g/mol. The second-order valence-electron chi connectivity index (χ2n) is 6.55. The minimum Gasteiger partial charge on any atom is -0.407 e. The molecule has 10 nitrogen and oxygen atoms in total. The van der Waals surface area contributed by atoms with Gasteiger partial charge in [-0.25, -0.2) is 16.8 Å². The predicted molar refractivity (Wildman–Crippen MR) is 114 cm³/mol. The maximum absolute atomic E-state index is 13.0. The molecule has 0 atom stereocenters. The minimum absolute atomic E-state index is 0.0305. The zero-order valence-corrected chi connectivity index (χ0v) is 18.4. The quantitative estimate of drug-likeness (QED) is 0.534. The molecule has 0 aliphatic rings. The number of rotatable bonds is 8. The molecule has 0 saturated carbocycles. The van der Waals surface area contributed by atoms with Crippen LogP contribution >= 0.6 is 0 Å². The molecule has 0 fully saturated rings. The first-order valence-electron chi connectivity index (χ1n) is 9.09. The van der Waals surface area contributed by atoms with Gasteiger partial charge in [0.05, 0.1) is 10.6 Å². The number of carbonyl (C=O) groups is 1. The summed E-state index contributed by atoms with van der Waals surface area (Å²) in [5, 5.41) is 9.48. The summed E-state index contributed by atoms with van der Waals surface area (Å²) >= 11 is 0. The van der Waals surface area contributed by atoms with Crippen LogP contribution in [0.1, 0.15) is 23.2 Å². The van der Waals surface area contributed by atoms with Crippen molar-refractivity contribution in [3.05, 3.63) is 66.1 Å². The van der Waals surface area contributed by atoms with Crippen molar-refractivity contribution >= 4 is 37.5 Å². The summed E-state index contributed by atoms with van der Waals surface area (Å²) in [7, 11) is -7.18. The molecule has 0 radical (unpaired) electrons. The Kier molecular flexibility index (Phi) is 6.41. The first-order chi connectivity index (χ1) is 14.6. The molecule has 0 unspecified atom stereocenters. The van der Waals surface area contributed by atoms with Crippen LogP contribution in [0, 0.1) is 0 Å². The van der Waals surface area contributed by atoms with Crippen molar-refractivity contribution in [2.24, 2.45) is 0 Å². The van der Waals surface area contributed by atoms with E-state index in [0.29, 0.717) is 5.69 Å². The lowest BCUT2D eigenvalue weighted by Gasteiger charge is -2.22. The molecule has 0 saturated heterocycles. The number of nitrogens with one attached hydrogen (secondary N) is 1. The number of aromatic nitrogens is 2. The Labute approximate surface area is 179 Å². The molecule has 3 rings (SSSR count). The molecule has 3 aromatic rings. The molecule has 0 aliphatic heterocycles. The van der Waals surface area contributed by atoms with Crippen molar-refractivity contribution in [1.29, 1.82) is 0 Å². The second-order valence-corrected chi connectivity index (χ2v) is 10.6. The molecule has 12 heteroatoms. The standard InChI is InChI=1S/C19H20N4O6S2/c1-3-23(15-7-5-4-6-8-15)31(27,28)16-11-9-14(10-12-16)18(24)20-19-22-21-17(29-19)13-30(2,25)26/h4-12H,3,13H2,1-2H3,(H,20,22,24). The van der Waals surface area contributed by atoms with Gasteiger partial charge in [-0.1, -0.05) is 23.3 Å². The topological polar surface area (TPSA) is 140 Å². The lowest BCUT2D eigenvalue weighted by atomic mass is 10.2. The van der Waals surface area contributed by atoms with E-state index in [0.717, 1.165) is 6.26 Å². The van der Waals surface area contributed by atoms with Crippen molar-refractivity contribution < 1.29 is 26.0 Å². The third kappa shape index (κ3) is 5.47. The third-order valence-corrected chi connectivity index (χ3v) is 6.80. The van der Waals surface area contributed by atoms with Crippen LogP contribution in [0.25, 0.3) is 0 Å². The summed E-state index contributed by atoms with van der Waals surface area (Å²) in [5.74, 6) is -1.22. The zero-order valence-electron chi connectivity index (χ0n) is 16.7. The Balaban J connectivity index is 1.75. The molecule has 1 amide bonds. The Morgan fingerprint density at radius 1 is 1.00 bits per heavy atom. The van der Waals surface area contributed by atoms with Crippen LogP contribution < -0.4 is 9.62 Å². The van der Waals surface area contributed by atoms with E-state index >= 15 is 0 Å². The number of amides is 1. The lowest BCUT2D eigenvalue weighted by molar-refractivity contribution is 0.102. The van der Waals surface area contributed by atoms with E-state index in [4.69, 9.17) is 4.42 Å². The number of sulfonamides is 1. The third-order valence-electron chi connectivity index (χ3n) is 4.11. The molecular formula is C19H20N4O6S2. The smallest absolute Gasteiger partial charge is 0.322 e. The number of carbonyl (C=O) groups excluding carboxylic acids is 1. The number of hydrogen-bond donors (Lipinski definition) is 1. The number of benzene rings is 2. The highest BCUT2D eigenvalue weighted by Gasteiger charge is 2.24. The summed E-state index contributed by atoms with van der Waals surface area (Å²) in [4.78, 5) is 12.4. The first kappa shape index (κ1) is 22.4. The molecular weight excluding hydrogens is 444 g/mol. The number of nitrogens with zero attached hydrogens (tertiary/aromatic N) is 3. The van der Waals surface area contributed by atoms with Crippen LogP contribution in [-0.4, -0.2) is 45.7 Å². The van der Waals surface area contributed by atoms with E-state index in [1.807, 2.05) is 0 Å². The maximum Gasteiger partial charge on any atom is 0.322 e. The van der Waals surface area contributed by atoms with Gasteiger partial charge in [-0.05, 0) is 43.3 Å². The lowest BCUT2D eigenvalue weighted by Crippen LogP contribution is -2.30. The summed E-state index contributed by atoms with van der Waals surface area (Å²) in [6.07, 6.45) is 1.02. The average Bonchev–Trinajstić information content (AvgIpc) is 3.14. The van der Waals surface area contributed by atoms with Crippen molar-refractivity contribution in [2.45, 2.75) is 17.6 Å². The second kappa shape index (κ2) is 8.86. The van der Waals surface area contributed by atoms with Gasteiger partial charge in [0, 0.05) is 18.4 Å². The number of hydrogen-bond acceptors (Lipinski definition) is 8. The van der Waals surface area contributed by atoms with Gasteiger partial charge in [-0.15, -0.1) is 5.10 Å². The van der Waals surface area contributed by atoms with Crippen LogP contribution in [0.3, 0.4) is 0 Å². The Hall–Kier alpha value is -3.25. The van der Waals surface area contributed by atoms with E-state index < -0.39 is 31.5 Å². The van der Waals surface area contributed by atoms with Crippen LogP contribution in [-0.2, 0) is 25.6 Å². The van der Waals surface area contributed by atoms with Crippen LogP contribution in [0.15, 0.2) is 63.9 Å². The van der Waals surface area contributed by atoms with Crippen molar-refractivity contribution in [2.75, 3.05) is 22.4 Å². The molecule has 1 aromatic heterocycles. The highest BCUT2D eigenvalue weighted by molar-refractivity contribution is 7.92. The van der Waals surface area contributed by atoms with Crippen LogP contribution in [0.4, 0.5) is 11.7 Å². The molecule has 2 aromatic carbocycles. The SMILES string of the molecule is CCN(c1ccccc1)S(=O)(=O)c1ccc(C(=O)Nc2nnc(CS(C)(=O)=O)o2)cc1. The van der Waals surface area contributed by atoms with E-state index in [2.05, 4.69) is 15.5 Å². The summed E-state index contributed by atoms with van der Waals surface area (Å²) in [5.41, 5.74) is 0.692. The maximum atomic E-state index is 13.0. The molecule has 0 bridgehead atoms. The summed E-state index contributed by atoms with van der Waals surface area (Å²) < 4.78 is 54.9. The van der Waals surface area contributed by atoms with Crippen molar-refractivity contribution in [3.8, 4) is 0 Å². The largest absolute Gasteiger partial charge is 0.407 e. The van der Waals surface area contributed by atoms with Gasteiger partial charge in [-0.3, -0.25) is 14.4 Å². The average molecular weight is 465 g/mol.